The third kappa shape index (κ3) is 4.55. The van der Waals surface area contributed by atoms with Gasteiger partial charge in [0.05, 0.1) is 6.04 Å². The second-order valence-electron chi connectivity index (χ2n) is 6.63. The Bertz CT molecular complexity index is 663. The van der Waals surface area contributed by atoms with Crippen LogP contribution in [0, 0.1) is 6.92 Å². The van der Waals surface area contributed by atoms with Crippen molar-refractivity contribution in [3.8, 4) is 0 Å². The summed E-state index contributed by atoms with van der Waals surface area (Å²) in [6.07, 6.45) is 1.31. The first kappa shape index (κ1) is 17.0. The molecule has 0 N–H and O–H groups in total. The van der Waals surface area contributed by atoms with E-state index in [2.05, 4.69) is 4.98 Å². The number of benzene rings is 1. The molecule has 0 saturated carbocycles. The summed E-state index contributed by atoms with van der Waals surface area (Å²) < 4.78 is 5.58. The average molecular weight is 312 g/mol. The second-order valence-corrected chi connectivity index (χ2v) is 6.63. The summed E-state index contributed by atoms with van der Waals surface area (Å²) in [5.74, 6) is 0.593. The fourth-order valence-electron chi connectivity index (χ4n) is 2.29. The van der Waals surface area contributed by atoms with Crippen molar-refractivity contribution in [2.45, 2.75) is 46.3 Å². The maximum atomic E-state index is 12.7. The van der Waals surface area contributed by atoms with E-state index in [4.69, 9.17) is 4.74 Å². The van der Waals surface area contributed by atoms with E-state index in [1.807, 2.05) is 77.1 Å². The van der Waals surface area contributed by atoms with Crippen LogP contribution in [0.3, 0.4) is 0 Å². The van der Waals surface area contributed by atoms with Gasteiger partial charge in [0.15, 0.2) is 0 Å². The Balaban J connectivity index is 2.41. The highest BCUT2D eigenvalue weighted by molar-refractivity contribution is 5.87. The highest BCUT2D eigenvalue weighted by atomic mass is 16.6. The van der Waals surface area contributed by atoms with E-state index < -0.39 is 11.7 Å². The van der Waals surface area contributed by atoms with Crippen molar-refractivity contribution in [1.82, 2.24) is 4.98 Å². The lowest BCUT2D eigenvalue weighted by molar-refractivity contribution is 0.0566. The molecule has 0 fully saturated rings. The molecule has 1 aromatic carbocycles. The Kier molecular flexibility index (Phi) is 5.04. The average Bonchev–Trinajstić information content (AvgIpc) is 2.46. The number of anilines is 1. The van der Waals surface area contributed by atoms with Gasteiger partial charge in [-0.25, -0.2) is 9.78 Å². The number of hydrogen-bond donors (Lipinski definition) is 0. The van der Waals surface area contributed by atoms with Crippen LogP contribution in [0.1, 0.15) is 44.9 Å². The van der Waals surface area contributed by atoms with Crippen LogP contribution in [0.15, 0.2) is 48.7 Å². The van der Waals surface area contributed by atoms with Crippen molar-refractivity contribution < 1.29 is 9.53 Å². The minimum atomic E-state index is -0.560. The second kappa shape index (κ2) is 6.82. The quantitative estimate of drug-likeness (QED) is 0.810. The Morgan fingerprint density at radius 2 is 1.83 bits per heavy atom. The predicted molar refractivity (Wildman–Crippen MR) is 92.5 cm³/mol. The Labute approximate surface area is 138 Å². The zero-order valence-corrected chi connectivity index (χ0v) is 14.4. The summed E-state index contributed by atoms with van der Waals surface area (Å²) in [4.78, 5) is 18.7. The first-order chi connectivity index (χ1) is 10.8. The van der Waals surface area contributed by atoms with Crippen molar-refractivity contribution in [2.75, 3.05) is 4.90 Å². The van der Waals surface area contributed by atoms with Crippen molar-refractivity contribution >= 4 is 11.9 Å². The van der Waals surface area contributed by atoms with Crippen LogP contribution in [0.2, 0.25) is 0 Å². The zero-order chi connectivity index (χ0) is 17.0. The molecule has 1 atom stereocenters. The highest BCUT2D eigenvalue weighted by Gasteiger charge is 2.29. The molecule has 2 rings (SSSR count). The number of pyridine rings is 1. The number of nitrogens with zero attached hydrogens (tertiary/aromatic N) is 2. The zero-order valence-electron chi connectivity index (χ0n) is 14.4. The normalized spacial score (nSPS) is 12.6. The number of rotatable bonds is 3. The molecule has 0 aliphatic heterocycles. The topological polar surface area (TPSA) is 42.4 Å². The molecule has 2 aromatic rings. The van der Waals surface area contributed by atoms with Crippen LogP contribution in [0.5, 0.6) is 0 Å². The minimum Gasteiger partial charge on any atom is -0.443 e. The molecule has 4 nitrogen and oxygen atoms in total. The molecule has 1 amide bonds. The van der Waals surface area contributed by atoms with Gasteiger partial charge in [-0.15, -0.1) is 0 Å². The van der Waals surface area contributed by atoms with Crippen molar-refractivity contribution in [3.63, 3.8) is 0 Å². The summed E-state index contributed by atoms with van der Waals surface area (Å²) in [6, 6.07) is 13.5. The van der Waals surface area contributed by atoms with E-state index in [1.54, 1.807) is 11.1 Å². The lowest BCUT2D eigenvalue weighted by Gasteiger charge is -2.31. The Morgan fingerprint density at radius 1 is 1.17 bits per heavy atom. The maximum Gasteiger partial charge on any atom is 0.416 e. The summed E-state index contributed by atoms with van der Waals surface area (Å²) in [6.45, 7) is 9.54. The van der Waals surface area contributed by atoms with Gasteiger partial charge in [0.25, 0.3) is 0 Å². The van der Waals surface area contributed by atoms with Crippen LogP contribution in [0.25, 0.3) is 0 Å². The number of ether oxygens (including phenoxy) is 1. The maximum absolute atomic E-state index is 12.7. The number of carbonyl (C=O) groups excluding carboxylic acids is 1. The summed E-state index contributed by atoms with van der Waals surface area (Å²) in [7, 11) is 0. The third-order valence-electron chi connectivity index (χ3n) is 3.41. The van der Waals surface area contributed by atoms with Crippen molar-refractivity contribution in [3.05, 3.63) is 59.8 Å². The van der Waals surface area contributed by atoms with Crippen LogP contribution in [-0.4, -0.2) is 16.7 Å². The SMILES string of the molecule is Cc1ccnc(N(C(=O)OC(C)(C)C)[C@@H](C)c2ccccc2)c1. The smallest absolute Gasteiger partial charge is 0.416 e. The van der Waals surface area contributed by atoms with Crippen molar-refractivity contribution in [1.29, 1.82) is 0 Å². The van der Waals surface area contributed by atoms with Gasteiger partial charge in [-0.3, -0.25) is 4.90 Å². The standard InChI is InChI=1S/C19H24N2O2/c1-14-11-12-20-17(13-14)21(18(22)23-19(3,4)5)15(2)16-9-7-6-8-10-16/h6-13,15H,1-5H3/t15-/m0/s1. The molecule has 0 bridgehead atoms. The summed E-state index contributed by atoms with van der Waals surface area (Å²) in [5.41, 5.74) is 1.51. The van der Waals surface area contributed by atoms with Gasteiger partial charge in [0.1, 0.15) is 11.4 Å². The van der Waals surface area contributed by atoms with Gasteiger partial charge >= 0.3 is 6.09 Å². The van der Waals surface area contributed by atoms with Gasteiger partial charge in [-0.1, -0.05) is 30.3 Å². The molecule has 4 heteroatoms. The van der Waals surface area contributed by atoms with Gasteiger partial charge in [0, 0.05) is 6.20 Å². The molecule has 0 radical (unpaired) electrons. The van der Waals surface area contributed by atoms with Crippen LogP contribution < -0.4 is 4.90 Å². The molecule has 0 saturated heterocycles. The fraction of sp³-hybridized carbons (Fsp3) is 0.368. The van der Waals surface area contributed by atoms with E-state index in [0.29, 0.717) is 5.82 Å². The highest BCUT2D eigenvalue weighted by Crippen LogP contribution is 2.28. The van der Waals surface area contributed by atoms with Gasteiger partial charge in [-0.05, 0) is 57.9 Å². The molecule has 0 aliphatic carbocycles. The first-order valence-electron chi connectivity index (χ1n) is 7.78. The van der Waals surface area contributed by atoms with Gasteiger partial charge < -0.3 is 4.74 Å². The molecule has 0 unspecified atom stereocenters. The number of aryl methyl sites for hydroxylation is 1. The lowest BCUT2D eigenvalue weighted by Crippen LogP contribution is -2.39. The number of aromatic nitrogens is 1. The molecule has 1 heterocycles. The molecular weight excluding hydrogens is 288 g/mol. The monoisotopic (exact) mass is 312 g/mol. The molecular formula is C19H24N2O2. The van der Waals surface area contributed by atoms with Crippen LogP contribution in [-0.2, 0) is 4.74 Å². The Hall–Kier alpha value is -2.36. The number of amides is 1. The summed E-state index contributed by atoms with van der Waals surface area (Å²) in [5, 5.41) is 0. The van der Waals surface area contributed by atoms with Gasteiger partial charge in [-0.2, -0.15) is 0 Å². The fourth-order valence-corrected chi connectivity index (χ4v) is 2.29. The van der Waals surface area contributed by atoms with Gasteiger partial charge in [0.2, 0.25) is 0 Å². The van der Waals surface area contributed by atoms with Crippen LogP contribution >= 0.6 is 0 Å². The van der Waals surface area contributed by atoms with E-state index in [-0.39, 0.29) is 6.04 Å². The lowest BCUT2D eigenvalue weighted by atomic mass is 10.1. The molecule has 0 spiro atoms. The van der Waals surface area contributed by atoms with Crippen molar-refractivity contribution in [2.24, 2.45) is 0 Å². The molecule has 122 valence electrons. The predicted octanol–water partition coefficient (Wildman–Crippen LogP) is 4.89. The molecule has 0 aliphatic rings. The van der Waals surface area contributed by atoms with E-state index in [0.717, 1.165) is 11.1 Å². The number of carbonyl (C=O) groups is 1. The molecule has 1 aromatic heterocycles. The third-order valence-corrected chi connectivity index (χ3v) is 3.41. The Morgan fingerprint density at radius 3 is 2.39 bits per heavy atom. The van der Waals surface area contributed by atoms with E-state index >= 15 is 0 Å². The van der Waals surface area contributed by atoms with E-state index in [1.165, 1.54) is 0 Å². The molecule has 23 heavy (non-hydrogen) atoms. The largest absolute Gasteiger partial charge is 0.443 e. The van der Waals surface area contributed by atoms with Crippen LogP contribution in [0.4, 0.5) is 10.6 Å². The minimum absolute atomic E-state index is 0.180. The van der Waals surface area contributed by atoms with E-state index in [9.17, 15) is 4.79 Å². The number of hydrogen-bond acceptors (Lipinski definition) is 3. The summed E-state index contributed by atoms with van der Waals surface area (Å²) >= 11 is 0. The first-order valence-corrected chi connectivity index (χ1v) is 7.78.